The van der Waals surface area contributed by atoms with Crippen LogP contribution in [0.3, 0.4) is 0 Å². The van der Waals surface area contributed by atoms with E-state index in [0.717, 1.165) is 0 Å². The zero-order valence-corrected chi connectivity index (χ0v) is 9.55. The largest absolute Gasteiger partial charge is 0.346 e. The average Bonchev–Trinajstić information content (AvgIpc) is 2.39. The predicted octanol–water partition coefficient (Wildman–Crippen LogP) is 1.46. The Morgan fingerprint density at radius 2 is 2.18 bits per heavy atom. The van der Waals surface area contributed by atoms with Crippen molar-refractivity contribution in [2.45, 2.75) is 6.54 Å². The van der Waals surface area contributed by atoms with Gasteiger partial charge in [-0.05, 0) is 12.1 Å². The van der Waals surface area contributed by atoms with E-state index >= 15 is 0 Å². The fraction of sp³-hybridized carbons (Fsp3) is 0.0909. The number of nitrogens with zero attached hydrogens (tertiary/aromatic N) is 3. The molecule has 2 heterocycles. The van der Waals surface area contributed by atoms with Crippen molar-refractivity contribution in [3.8, 4) is 0 Å². The number of rotatable bonds is 3. The van der Waals surface area contributed by atoms with Crippen LogP contribution in [0.15, 0.2) is 36.9 Å². The van der Waals surface area contributed by atoms with Crippen molar-refractivity contribution in [1.82, 2.24) is 20.3 Å². The summed E-state index contributed by atoms with van der Waals surface area (Å²) in [6.45, 7) is 0.303. The van der Waals surface area contributed by atoms with Crippen molar-refractivity contribution in [2.75, 3.05) is 0 Å². The SMILES string of the molecule is O=C(NCc1cnc(Cl)cn1)c1cccnc1. The summed E-state index contributed by atoms with van der Waals surface area (Å²) in [5.74, 6) is -0.199. The van der Waals surface area contributed by atoms with E-state index in [1.54, 1.807) is 18.3 Å². The summed E-state index contributed by atoms with van der Waals surface area (Å²) < 4.78 is 0. The number of pyridine rings is 1. The highest BCUT2D eigenvalue weighted by molar-refractivity contribution is 6.29. The molecule has 6 heteroatoms. The number of amides is 1. The number of aromatic nitrogens is 3. The van der Waals surface area contributed by atoms with Crippen LogP contribution in [0.5, 0.6) is 0 Å². The molecule has 1 amide bonds. The lowest BCUT2D eigenvalue weighted by atomic mass is 10.2. The van der Waals surface area contributed by atoms with Gasteiger partial charge in [0.2, 0.25) is 0 Å². The van der Waals surface area contributed by atoms with Gasteiger partial charge in [0.1, 0.15) is 5.15 Å². The van der Waals surface area contributed by atoms with Gasteiger partial charge in [0.15, 0.2) is 0 Å². The maximum Gasteiger partial charge on any atom is 0.253 e. The Morgan fingerprint density at radius 3 is 2.82 bits per heavy atom. The Labute approximate surface area is 103 Å². The van der Waals surface area contributed by atoms with E-state index < -0.39 is 0 Å². The summed E-state index contributed by atoms with van der Waals surface area (Å²) in [5, 5.41) is 3.04. The van der Waals surface area contributed by atoms with Gasteiger partial charge in [-0.2, -0.15) is 0 Å². The molecule has 0 radical (unpaired) electrons. The first-order chi connectivity index (χ1) is 8.25. The first kappa shape index (κ1) is 11.5. The Balaban J connectivity index is 1.95. The van der Waals surface area contributed by atoms with Crippen LogP contribution in [0.4, 0.5) is 0 Å². The Bertz CT molecular complexity index is 501. The molecule has 0 saturated carbocycles. The molecule has 0 aliphatic rings. The molecule has 0 atom stereocenters. The molecule has 0 fully saturated rings. The summed E-state index contributed by atoms with van der Waals surface area (Å²) >= 11 is 5.60. The van der Waals surface area contributed by atoms with E-state index in [9.17, 15) is 4.79 Å². The quantitative estimate of drug-likeness (QED) is 0.893. The summed E-state index contributed by atoms with van der Waals surface area (Å²) in [5.41, 5.74) is 1.15. The van der Waals surface area contributed by atoms with Gasteiger partial charge in [-0.25, -0.2) is 4.98 Å². The molecule has 2 rings (SSSR count). The summed E-state index contributed by atoms with van der Waals surface area (Å²) in [7, 11) is 0. The first-order valence-corrected chi connectivity index (χ1v) is 5.28. The molecule has 0 spiro atoms. The van der Waals surface area contributed by atoms with Gasteiger partial charge >= 0.3 is 0 Å². The minimum Gasteiger partial charge on any atom is -0.346 e. The number of nitrogens with one attached hydrogen (secondary N) is 1. The third-order valence-electron chi connectivity index (χ3n) is 2.03. The van der Waals surface area contributed by atoms with Crippen LogP contribution in [0, 0.1) is 0 Å². The number of halogens is 1. The van der Waals surface area contributed by atoms with Gasteiger partial charge in [-0.1, -0.05) is 11.6 Å². The van der Waals surface area contributed by atoms with E-state index in [4.69, 9.17) is 11.6 Å². The van der Waals surface area contributed by atoms with Crippen molar-refractivity contribution >= 4 is 17.5 Å². The molecule has 2 aromatic rings. The second kappa shape index (κ2) is 5.36. The lowest BCUT2D eigenvalue weighted by Crippen LogP contribution is -2.23. The van der Waals surface area contributed by atoms with E-state index in [1.165, 1.54) is 18.6 Å². The molecule has 2 aromatic heterocycles. The van der Waals surface area contributed by atoms with E-state index in [-0.39, 0.29) is 5.91 Å². The third-order valence-corrected chi connectivity index (χ3v) is 2.22. The molecule has 0 aromatic carbocycles. The van der Waals surface area contributed by atoms with E-state index in [1.807, 2.05) is 0 Å². The van der Waals surface area contributed by atoms with Gasteiger partial charge < -0.3 is 5.32 Å². The molecule has 0 bridgehead atoms. The van der Waals surface area contributed by atoms with Crippen LogP contribution >= 0.6 is 11.6 Å². The van der Waals surface area contributed by atoms with Gasteiger partial charge in [-0.3, -0.25) is 14.8 Å². The standard InChI is InChI=1S/C11H9ClN4O/c12-10-7-14-9(5-15-10)6-16-11(17)8-2-1-3-13-4-8/h1-5,7H,6H2,(H,16,17). The van der Waals surface area contributed by atoms with Crippen LogP contribution in [0.2, 0.25) is 5.15 Å². The van der Waals surface area contributed by atoms with E-state index in [2.05, 4.69) is 20.3 Å². The molecule has 0 aliphatic carbocycles. The molecule has 5 nitrogen and oxygen atoms in total. The minimum atomic E-state index is -0.199. The van der Waals surface area contributed by atoms with E-state index in [0.29, 0.717) is 23.0 Å². The molecule has 1 N–H and O–H groups in total. The van der Waals surface area contributed by atoms with Crippen LogP contribution in [0.25, 0.3) is 0 Å². The molecule has 0 unspecified atom stereocenters. The molecule has 0 saturated heterocycles. The average molecular weight is 249 g/mol. The lowest BCUT2D eigenvalue weighted by molar-refractivity contribution is 0.0950. The predicted molar refractivity (Wildman–Crippen MR) is 62.4 cm³/mol. The molecule has 0 aliphatic heterocycles. The smallest absolute Gasteiger partial charge is 0.253 e. The number of hydrogen-bond donors (Lipinski definition) is 1. The fourth-order valence-corrected chi connectivity index (χ4v) is 1.30. The van der Waals surface area contributed by atoms with Crippen LogP contribution in [-0.4, -0.2) is 20.9 Å². The van der Waals surface area contributed by atoms with Crippen molar-refractivity contribution in [1.29, 1.82) is 0 Å². The van der Waals surface area contributed by atoms with Gasteiger partial charge in [-0.15, -0.1) is 0 Å². The van der Waals surface area contributed by atoms with Gasteiger partial charge in [0.25, 0.3) is 5.91 Å². The van der Waals surface area contributed by atoms with Crippen molar-refractivity contribution in [3.63, 3.8) is 0 Å². The third kappa shape index (κ3) is 3.22. The molecular formula is C11H9ClN4O. The summed E-state index contributed by atoms with van der Waals surface area (Å²) in [6.07, 6.45) is 6.07. The maximum absolute atomic E-state index is 11.7. The van der Waals surface area contributed by atoms with Crippen molar-refractivity contribution in [3.05, 3.63) is 53.3 Å². The number of hydrogen-bond acceptors (Lipinski definition) is 4. The molecule has 86 valence electrons. The Kier molecular flexibility index (Phi) is 3.62. The summed E-state index contributed by atoms with van der Waals surface area (Å²) in [4.78, 5) is 23.4. The Hall–Kier alpha value is -2.01. The Morgan fingerprint density at radius 1 is 1.29 bits per heavy atom. The highest BCUT2D eigenvalue weighted by Gasteiger charge is 2.05. The van der Waals surface area contributed by atoms with Gasteiger partial charge in [0, 0.05) is 12.4 Å². The maximum atomic E-state index is 11.7. The minimum absolute atomic E-state index is 0.199. The summed E-state index contributed by atoms with van der Waals surface area (Å²) in [6, 6.07) is 3.40. The van der Waals surface area contributed by atoms with Crippen LogP contribution in [0.1, 0.15) is 16.1 Å². The molecule has 17 heavy (non-hydrogen) atoms. The zero-order chi connectivity index (χ0) is 12.1. The highest BCUT2D eigenvalue weighted by Crippen LogP contribution is 2.01. The first-order valence-electron chi connectivity index (χ1n) is 4.90. The van der Waals surface area contributed by atoms with Crippen LogP contribution < -0.4 is 5.32 Å². The highest BCUT2D eigenvalue weighted by atomic mass is 35.5. The fourth-order valence-electron chi connectivity index (χ4n) is 1.20. The normalized spacial score (nSPS) is 9.94. The van der Waals surface area contributed by atoms with Crippen LogP contribution in [-0.2, 0) is 6.54 Å². The van der Waals surface area contributed by atoms with Crippen molar-refractivity contribution < 1.29 is 4.79 Å². The zero-order valence-electron chi connectivity index (χ0n) is 8.80. The second-order valence-electron chi connectivity index (χ2n) is 3.25. The number of carbonyl (C=O) groups is 1. The lowest BCUT2D eigenvalue weighted by Gasteiger charge is -2.03. The van der Waals surface area contributed by atoms with Crippen molar-refractivity contribution in [2.24, 2.45) is 0 Å². The second-order valence-corrected chi connectivity index (χ2v) is 3.64. The number of carbonyl (C=O) groups excluding carboxylic acids is 1. The monoisotopic (exact) mass is 248 g/mol. The topological polar surface area (TPSA) is 67.8 Å². The van der Waals surface area contributed by atoms with Gasteiger partial charge in [0.05, 0.1) is 30.2 Å². The molecular weight excluding hydrogens is 240 g/mol.